The number of benzene rings is 1. The lowest BCUT2D eigenvalue weighted by Gasteiger charge is -2.38. The number of rotatable bonds is 3. The van der Waals surface area contributed by atoms with Gasteiger partial charge in [0.25, 0.3) is 0 Å². The molecular weight excluding hydrogens is 400 g/mol. The second-order valence-electron chi connectivity index (χ2n) is 8.59. The fourth-order valence-corrected chi connectivity index (χ4v) is 4.61. The molecule has 0 unspecified atom stereocenters. The fourth-order valence-electron chi connectivity index (χ4n) is 4.35. The normalized spacial score (nSPS) is 20.5. The molecule has 1 aliphatic heterocycles. The number of furan rings is 1. The summed E-state index contributed by atoms with van der Waals surface area (Å²) in [6, 6.07) is 11.4. The SMILES string of the molecule is COc1ccc(-c2ccc([C@H]3C(C#N)=C(C)NC4=C3C(=O)CC(C)(C)C4)o2)cc1Cl. The van der Waals surface area contributed by atoms with Gasteiger partial charge in [-0.2, -0.15) is 5.26 Å². The smallest absolute Gasteiger partial charge is 0.162 e. The Morgan fingerprint density at radius 1 is 1.27 bits per heavy atom. The molecule has 0 bridgehead atoms. The Hall–Kier alpha value is -2.97. The van der Waals surface area contributed by atoms with Gasteiger partial charge < -0.3 is 14.5 Å². The van der Waals surface area contributed by atoms with Gasteiger partial charge in [0.05, 0.1) is 29.7 Å². The van der Waals surface area contributed by atoms with Crippen molar-refractivity contribution in [2.75, 3.05) is 7.11 Å². The van der Waals surface area contributed by atoms with E-state index in [0.717, 1.165) is 23.4 Å². The van der Waals surface area contributed by atoms with Crippen molar-refractivity contribution in [2.24, 2.45) is 5.41 Å². The minimum Gasteiger partial charge on any atom is -0.495 e. The van der Waals surface area contributed by atoms with E-state index >= 15 is 0 Å². The number of halogens is 1. The van der Waals surface area contributed by atoms with Gasteiger partial charge in [-0.1, -0.05) is 25.4 Å². The number of ketones is 1. The summed E-state index contributed by atoms with van der Waals surface area (Å²) in [5.74, 6) is 1.34. The third-order valence-corrected chi connectivity index (χ3v) is 6.00. The molecule has 1 aliphatic carbocycles. The van der Waals surface area contributed by atoms with E-state index in [1.165, 1.54) is 0 Å². The Morgan fingerprint density at radius 2 is 2.03 bits per heavy atom. The Kier molecular flexibility index (Phi) is 4.99. The summed E-state index contributed by atoms with van der Waals surface area (Å²) in [7, 11) is 1.56. The molecule has 1 aromatic carbocycles. The molecule has 0 amide bonds. The van der Waals surface area contributed by atoms with E-state index in [0.29, 0.717) is 39.9 Å². The molecule has 1 aromatic heterocycles. The van der Waals surface area contributed by atoms with Crippen molar-refractivity contribution in [3.8, 4) is 23.1 Å². The number of ether oxygens (including phenoxy) is 1. The van der Waals surface area contributed by atoms with Crippen molar-refractivity contribution in [3.05, 3.63) is 63.7 Å². The van der Waals surface area contributed by atoms with Crippen molar-refractivity contribution in [1.82, 2.24) is 5.32 Å². The summed E-state index contributed by atoms with van der Waals surface area (Å²) in [6.45, 7) is 6.04. The molecule has 6 heteroatoms. The van der Waals surface area contributed by atoms with Gasteiger partial charge in [-0.3, -0.25) is 4.79 Å². The maximum atomic E-state index is 13.1. The number of hydrogen-bond donors (Lipinski definition) is 1. The third kappa shape index (κ3) is 3.42. The average molecular weight is 423 g/mol. The van der Waals surface area contributed by atoms with Crippen LogP contribution in [0.25, 0.3) is 11.3 Å². The molecule has 4 rings (SSSR count). The first-order valence-electron chi connectivity index (χ1n) is 9.82. The zero-order valence-electron chi connectivity index (χ0n) is 17.4. The summed E-state index contributed by atoms with van der Waals surface area (Å²) in [4.78, 5) is 13.1. The molecule has 0 saturated heterocycles. The van der Waals surface area contributed by atoms with Crippen molar-refractivity contribution in [2.45, 2.75) is 39.5 Å². The lowest BCUT2D eigenvalue weighted by atomic mass is 9.70. The van der Waals surface area contributed by atoms with Crippen LogP contribution >= 0.6 is 11.6 Å². The number of methoxy groups -OCH3 is 1. The molecule has 154 valence electrons. The van der Waals surface area contributed by atoms with E-state index in [-0.39, 0.29) is 11.2 Å². The van der Waals surface area contributed by atoms with Crippen LogP contribution in [0.2, 0.25) is 5.02 Å². The number of nitrogens with zero attached hydrogens (tertiary/aromatic N) is 1. The minimum absolute atomic E-state index is 0.0597. The van der Waals surface area contributed by atoms with Crippen molar-refractivity contribution >= 4 is 17.4 Å². The monoisotopic (exact) mass is 422 g/mol. The predicted molar refractivity (Wildman–Crippen MR) is 115 cm³/mol. The van der Waals surface area contributed by atoms with Gasteiger partial charge in [-0.15, -0.1) is 0 Å². The standard InChI is InChI=1S/C24H23ClN2O3/c1-13-15(12-26)22(23-17(27-13)10-24(2,3)11-18(23)28)21-8-7-19(30-21)14-5-6-20(29-4)16(25)9-14/h5-9,22,27H,10-11H2,1-4H3/t22-/m1/s1. The number of dihydropyridines is 1. The van der Waals surface area contributed by atoms with Crippen LogP contribution in [0, 0.1) is 16.7 Å². The second-order valence-corrected chi connectivity index (χ2v) is 9.00. The molecule has 5 nitrogen and oxygen atoms in total. The Bertz CT molecular complexity index is 1150. The molecule has 1 atom stereocenters. The maximum Gasteiger partial charge on any atom is 0.162 e. The van der Waals surface area contributed by atoms with E-state index in [1.54, 1.807) is 19.2 Å². The highest BCUT2D eigenvalue weighted by Crippen LogP contribution is 2.47. The molecule has 2 aliphatic rings. The lowest BCUT2D eigenvalue weighted by Crippen LogP contribution is -2.36. The summed E-state index contributed by atoms with van der Waals surface area (Å²) >= 11 is 6.26. The second kappa shape index (κ2) is 7.37. The number of hydrogen-bond acceptors (Lipinski definition) is 5. The molecule has 0 fully saturated rings. The average Bonchev–Trinajstić information content (AvgIpc) is 3.15. The first kappa shape index (κ1) is 20.3. The maximum absolute atomic E-state index is 13.1. The lowest BCUT2D eigenvalue weighted by molar-refractivity contribution is -0.118. The zero-order valence-corrected chi connectivity index (χ0v) is 18.2. The van der Waals surface area contributed by atoms with Crippen LogP contribution in [0.1, 0.15) is 45.3 Å². The van der Waals surface area contributed by atoms with E-state index in [2.05, 4.69) is 25.2 Å². The van der Waals surface area contributed by atoms with E-state index in [9.17, 15) is 10.1 Å². The molecule has 0 saturated carbocycles. The predicted octanol–water partition coefficient (Wildman–Crippen LogP) is 5.74. The van der Waals surface area contributed by atoms with Crippen LogP contribution in [0.15, 0.2) is 57.3 Å². The summed E-state index contributed by atoms with van der Waals surface area (Å²) in [5, 5.41) is 13.6. The quantitative estimate of drug-likeness (QED) is 0.682. The van der Waals surface area contributed by atoms with Gasteiger partial charge in [0.2, 0.25) is 0 Å². The molecule has 2 heterocycles. The molecule has 1 N–H and O–H groups in total. The fraction of sp³-hybridized carbons (Fsp3) is 0.333. The van der Waals surface area contributed by atoms with Crippen molar-refractivity contribution in [1.29, 1.82) is 5.26 Å². The van der Waals surface area contributed by atoms with Crippen LogP contribution in [0.5, 0.6) is 5.75 Å². The molecule has 0 radical (unpaired) electrons. The van der Waals surface area contributed by atoms with Gasteiger partial charge >= 0.3 is 0 Å². The zero-order chi connectivity index (χ0) is 21.6. The highest BCUT2D eigenvalue weighted by Gasteiger charge is 2.42. The summed E-state index contributed by atoms with van der Waals surface area (Å²) < 4.78 is 11.4. The van der Waals surface area contributed by atoms with E-state index in [4.69, 9.17) is 20.8 Å². The molecule has 0 spiro atoms. The highest BCUT2D eigenvalue weighted by atomic mass is 35.5. The summed E-state index contributed by atoms with van der Waals surface area (Å²) in [6.07, 6.45) is 1.20. The number of allylic oxidation sites excluding steroid dienone is 4. The Balaban J connectivity index is 1.79. The highest BCUT2D eigenvalue weighted by molar-refractivity contribution is 6.32. The first-order chi connectivity index (χ1) is 14.2. The van der Waals surface area contributed by atoms with Gasteiger partial charge in [-0.05, 0) is 49.1 Å². The van der Waals surface area contributed by atoms with Gasteiger partial charge in [-0.25, -0.2) is 0 Å². The van der Waals surface area contributed by atoms with Gasteiger partial charge in [0.1, 0.15) is 17.3 Å². The van der Waals surface area contributed by atoms with Crippen LogP contribution in [0.4, 0.5) is 0 Å². The minimum atomic E-state index is -0.502. The van der Waals surface area contributed by atoms with Gasteiger partial charge in [0.15, 0.2) is 5.78 Å². The van der Waals surface area contributed by atoms with Crippen LogP contribution in [-0.4, -0.2) is 12.9 Å². The largest absolute Gasteiger partial charge is 0.495 e. The first-order valence-corrected chi connectivity index (χ1v) is 10.2. The Labute approximate surface area is 181 Å². The number of carbonyl (C=O) groups is 1. The topological polar surface area (TPSA) is 75.3 Å². The molecular formula is C24H23ClN2O3. The number of nitrogens with one attached hydrogen (secondary N) is 1. The van der Waals surface area contributed by atoms with Crippen molar-refractivity contribution < 1.29 is 13.9 Å². The number of nitriles is 1. The number of Topliss-reactive ketones (excluding diaryl/α,β-unsaturated/α-hetero) is 1. The van der Waals surface area contributed by atoms with Gasteiger partial charge in [0, 0.05) is 29.0 Å². The summed E-state index contributed by atoms with van der Waals surface area (Å²) in [5.41, 5.74) is 3.48. The van der Waals surface area contributed by atoms with E-state index < -0.39 is 5.92 Å². The van der Waals surface area contributed by atoms with Crippen LogP contribution in [0.3, 0.4) is 0 Å². The number of carbonyl (C=O) groups excluding carboxylic acids is 1. The molecule has 30 heavy (non-hydrogen) atoms. The third-order valence-electron chi connectivity index (χ3n) is 5.71. The van der Waals surface area contributed by atoms with E-state index in [1.807, 2.05) is 25.1 Å². The van der Waals surface area contributed by atoms with Crippen LogP contribution < -0.4 is 10.1 Å². The molecule has 2 aromatic rings. The van der Waals surface area contributed by atoms with Crippen LogP contribution in [-0.2, 0) is 4.79 Å². The Morgan fingerprint density at radius 3 is 2.70 bits per heavy atom. The van der Waals surface area contributed by atoms with Crippen molar-refractivity contribution in [3.63, 3.8) is 0 Å².